The third-order valence-corrected chi connectivity index (χ3v) is 3.54. The van der Waals surface area contributed by atoms with Gasteiger partial charge in [0.05, 0.1) is 11.3 Å². The molecule has 0 saturated heterocycles. The molecule has 5 heteroatoms. The van der Waals surface area contributed by atoms with Gasteiger partial charge in [-0.2, -0.15) is 0 Å². The molecule has 0 aliphatic heterocycles. The maximum atomic E-state index is 12.2. The number of aryl methyl sites for hydroxylation is 1. The molecule has 1 aromatic heterocycles. The highest BCUT2D eigenvalue weighted by Gasteiger charge is 2.07. The Morgan fingerprint density at radius 3 is 2.46 bits per heavy atom. The Kier molecular flexibility index (Phi) is 6.49. The van der Waals surface area contributed by atoms with Crippen molar-refractivity contribution in [3.05, 3.63) is 59.4 Å². The molecule has 0 aliphatic carbocycles. The van der Waals surface area contributed by atoms with Crippen LogP contribution in [0.5, 0.6) is 0 Å². The number of ether oxygens (including phenoxy) is 1. The summed E-state index contributed by atoms with van der Waals surface area (Å²) in [5, 5.41) is 2.85. The number of esters is 1. The molecule has 0 bridgehead atoms. The lowest BCUT2D eigenvalue weighted by Gasteiger charge is -2.07. The quantitative estimate of drug-likeness (QED) is 0.787. The summed E-state index contributed by atoms with van der Waals surface area (Å²) in [6, 6.07) is 11.2. The second kappa shape index (κ2) is 8.82. The van der Waals surface area contributed by atoms with Crippen LogP contribution in [0.1, 0.15) is 48.3 Å². The summed E-state index contributed by atoms with van der Waals surface area (Å²) in [6.07, 6.45) is 4.86. The van der Waals surface area contributed by atoms with E-state index in [9.17, 15) is 9.59 Å². The largest absolute Gasteiger partial charge is 0.459 e. The third kappa shape index (κ3) is 5.50. The normalized spacial score (nSPS) is 10.2. The van der Waals surface area contributed by atoms with Crippen molar-refractivity contribution in [2.45, 2.75) is 39.7 Å². The molecule has 0 aliphatic rings. The van der Waals surface area contributed by atoms with Gasteiger partial charge in [0.2, 0.25) is 0 Å². The highest BCUT2D eigenvalue weighted by molar-refractivity contribution is 6.04. The Bertz CT molecular complexity index is 679. The molecule has 0 saturated carbocycles. The molecule has 0 atom stereocenters. The number of nitrogens with zero attached hydrogens (tertiary/aromatic N) is 1. The van der Waals surface area contributed by atoms with E-state index in [1.54, 1.807) is 12.1 Å². The predicted octanol–water partition coefficient (Wildman–Crippen LogP) is 3.74. The summed E-state index contributed by atoms with van der Waals surface area (Å²) < 4.78 is 4.86. The minimum absolute atomic E-state index is 0.108. The van der Waals surface area contributed by atoms with Gasteiger partial charge in [0.1, 0.15) is 6.61 Å². The van der Waals surface area contributed by atoms with Gasteiger partial charge in [-0.05, 0) is 42.7 Å². The number of carbonyl (C=O) groups excluding carboxylic acids is 2. The number of benzene rings is 1. The molecule has 1 heterocycles. The van der Waals surface area contributed by atoms with Crippen LogP contribution in [0.4, 0.5) is 5.69 Å². The molecule has 0 fully saturated rings. The Balaban J connectivity index is 1.92. The Labute approximate surface area is 142 Å². The second-order valence-electron chi connectivity index (χ2n) is 5.57. The molecule has 5 nitrogen and oxygen atoms in total. The van der Waals surface area contributed by atoms with Crippen molar-refractivity contribution in [2.24, 2.45) is 0 Å². The molecular weight excluding hydrogens is 304 g/mol. The first-order valence-electron chi connectivity index (χ1n) is 8.07. The number of pyridine rings is 1. The standard InChI is InChI=1S/C19H22N2O3/c1-3-4-5-15-6-9-17(10-7-15)21-19(23)16-8-11-18(20-12-16)13-24-14(2)22/h6-12H,3-5,13H2,1-2H3,(H,21,23). The zero-order valence-electron chi connectivity index (χ0n) is 14.0. The lowest BCUT2D eigenvalue weighted by atomic mass is 10.1. The first kappa shape index (κ1) is 17.7. The second-order valence-corrected chi connectivity index (χ2v) is 5.57. The van der Waals surface area contributed by atoms with E-state index in [1.807, 2.05) is 24.3 Å². The molecule has 2 aromatic rings. The van der Waals surface area contributed by atoms with Crippen LogP contribution in [0.25, 0.3) is 0 Å². The first-order valence-corrected chi connectivity index (χ1v) is 8.07. The van der Waals surface area contributed by atoms with Crippen molar-refractivity contribution in [1.82, 2.24) is 4.98 Å². The number of anilines is 1. The maximum absolute atomic E-state index is 12.2. The average Bonchev–Trinajstić information content (AvgIpc) is 2.59. The summed E-state index contributed by atoms with van der Waals surface area (Å²) in [6.45, 7) is 3.62. The van der Waals surface area contributed by atoms with E-state index in [1.165, 1.54) is 25.1 Å². The number of amides is 1. The minimum atomic E-state index is -0.360. The molecule has 0 unspecified atom stereocenters. The fraction of sp³-hybridized carbons (Fsp3) is 0.316. The van der Waals surface area contributed by atoms with Crippen LogP contribution in [0, 0.1) is 0 Å². The van der Waals surface area contributed by atoms with Crippen molar-refractivity contribution >= 4 is 17.6 Å². The summed E-state index contributed by atoms with van der Waals surface area (Å²) in [4.78, 5) is 27.1. The molecule has 0 spiro atoms. The summed E-state index contributed by atoms with van der Waals surface area (Å²) >= 11 is 0. The van der Waals surface area contributed by atoms with Gasteiger partial charge < -0.3 is 10.1 Å². The van der Waals surface area contributed by atoms with E-state index in [2.05, 4.69) is 17.2 Å². The summed E-state index contributed by atoms with van der Waals surface area (Å²) in [5.41, 5.74) is 3.08. The van der Waals surface area contributed by atoms with Crippen molar-refractivity contribution in [3.8, 4) is 0 Å². The molecule has 126 valence electrons. The molecule has 1 amide bonds. The smallest absolute Gasteiger partial charge is 0.303 e. The van der Waals surface area contributed by atoms with Crippen LogP contribution >= 0.6 is 0 Å². The average molecular weight is 326 g/mol. The van der Waals surface area contributed by atoms with Crippen LogP contribution in [0.3, 0.4) is 0 Å². The van der Waals surface area contributed by atoms with Crippen LogP contribution in [-0.2, 0) is 22.6 Å². The molecule has 24 heavy (non-hydrogen) atoms. The van der Waals surface area contributed by atoms with E-state index >= 15 is 0 Å². The fourth-order valence-electron chi connectivity index (χ4n) is 2.16. The number of hydrogen-bond donors (Lipinski definition) is 1. The predicted molar refractivity (Wildman–Crippen MR) is 92.7 cm³/mol. The molecule has 2 rings (SSSR count). The molecule has 1 N–H and O–H groups in total. The fourth-order valence-corrected chi connectivity index (χ4v) is 2.16. The van der Waals surface area contributed by atoms with Gasteiger partial charge in [-0.15, -0.1) is 0 Å². The number of nitrogens with one attached hydrogen (secondary N) is 1. The molecule has 0 radical (unpaired) electrons. The summed E-state index contributed by atoms with van der Waals surface area (Å²) in [5.74, 6) is -0.580. The highest BCUT2D eigenvalue weighted by Crippen LogP contribution is 2.13. The van der Waals surface area contributed by atoms with Crippen LogP contribution in [0.15, 0.2) is 42.6 Å². The van der Waals surface area contributed by atoms with E-state index in [-0.39, 0.29) is 18.5 Å². The van der Waals surface area contributed by atoms with E-state index < -0.39 is 0 Å². The lowest BCUT2D eigenvalue weighted by Crippen LogP contribution is -2.12. The zero-order chi connectivity index (χ0) is 17.4. The van der Waals surface area contributed by atoms with Crippen molar-refractivity contribution in [1.29, 1.82) is 0 Å². The number of carbonyl (C=O) groups is 2. The zero-order valence-corrected chi connectivity index (χ0v) is 14.0. The first-order chi connectivity index (χ1) is 11.6. The monoisotopic (exact) mass is 326 g/mol. The minimum Gasteiger partial charge on any atom is -0.459 e. The number of aromatic nitrogens is 1. The number of rotatable bonds is 7. The van der Waals surface area contributed by atoms with Crippen molar-refractivity contribution in [2.75, 3.05) is 5.32 Å². The van der Waals surface area contributed by atoms with Gasteiger partial charge in [0.15, 0.2) is 0 Å². The molecular formula is C19H22N2O3. The van der Waals surface area contributed by atoms with Gasteiger partial charge in [-0.1, -0.05) is 25.5 Å². The van der Waals surface area contributed by atoms with Gasteiger partial charge in [0.25, 0.3) is 5.91 Å². The topological polar surface area (TPSA) is 68.3 Å². The Morgan fingerprint density at radius 1 is 1.12 bits per heavy atom. The van der Waals surface area contributed by atoms with E-state index in [4.69, 9.17) is 4.74 Å². The van der Waals surface area contributed by atoms with Crippen LogP contribution in [0.2, 0.25) is 0 Å². The van der Waals surface area contributed by atoms with Gasteiger partial charge in [-0.3, -0.25) is 14.6 Å². The van der Waals surface area contributed by atoms with Crippen molar-refractivity contribution < 1.29 is 14.3 Å². The van der Waals surface area contributed by atoms with E-state index in [0.29, 0.717) is 11.3 Å². The SMILES string of the molecule is CCCCc1ccc(NC(=O)c2ccc(COC(C)=O)nc2)cc1. The Morgan fingerprint density at radius 2 is 1.88 bits per heavy atom. The van der Waals surface area contributed by atoms with Gasteiger partial charge in [0, 0.05) is 18.8 Å². The van der Waals surface area contributed by atoms with E-state index in [0.717, 1.165) is 18.5 Å². The van der Waals surface area contributed by atoms with Crippen LogP contribution < -0.4 is 5.32 Å². The lowest BCUT2D eigenvalue weighted by molar-refractivity contribution is -0.142. The highest BCUT2D eigenvalue weighted by atomic mass is 16.5. The Hall–Kier alpha value is -2.69. The van der Waals surface area contributed by atoms with Crippen molar-refractivity contribution in [3.63, 3.8) is 0 Å². The maximum Gasteiger partial charge on any atom is 0.303 e. The molecule has 1 aromatic carbocycles. The van der Waals surface area contributed by atoms with Crippen LogP contribution in [-0.4, -0.2) is 16.9 Å². The number of unbranched alkanes of at least 4 members (excludes halogenated alkanes) is 1. The third-order valence-electron chi connectivity index (χ3n) is 3.54. The number of hydrogen-bond acceptors (Lipinski definition) is 4. The van der Waals surface area contributed by atoms with Gasteiger partial charge in [-0.25, -0.2) is 0 Å². The van der Waals surface area contributed by atoms with Gasteiger partial charge >= 0.3 is 5.97 Å². The summed E-state index contributed by atoms with van der Waals surface area (Å²) in [7, 11) is 0.